The fourth-order valence-electron chi connectivity index (χ4n) is 2.49. The summed E-state index contributed by atoms with van der Waals surface area (Å²) < 4.78 is 32.4. The highest BCUT2D eigenvalue weighted by atomic mass is 32.2. The van der Waals surface area contributed by atoms with Crippen molar-refractivity contribution in [3.05, 3.63) is 46.3 Å². The lowest BCUT2D eigenvalue weighted by Crippen LogP contribution is -2.24. The molecule has 13 nitrogen and oxygen atoms in total. The van der Waals surface area contributed by atoms with Crippen molar-refractivity contribution in [3.8, 4) is 11.8 Å². The quantitative estimate of drug-likeness (QED) is 0.137. The van der Waals surface area contributed by atoms with Gasteiger partial charge in [-0.15, -0.1) is 4.73 Å². The van der Waals surface area contributed by atoms with Crippen molar-refractivity contribution in [2.45, 2.75) is 30.6 Å². The number of benzene rings is 1. The summed E-state index contributed by atoms with van der Waals surface area (Å²) >= 11 is 0. The molecule has 0 saturated carbocycles. The molecule has 14 heteroatoms. The highest BCUT2D eigenvalue weighted by Gasteiger charge is 2.15. The molecule has 0 unspecified atom stereocenters. The van der Waals surface area contributed by atoms with E-state index in [1.54, 1.807) is 0 Å². The lowest BCUT2D eigenvalue weighted by molar-refractivity contribution is -0.145. The third-order valence-electron chi connectivity index (χ3n) is 3.95. The van der Waals surface area contributed by atoms with Crippen molar-refractivity contribution >= 4 is 27.7 Å². The number of azide groups is 1. The Kier molecular flexibility index (Phi) is 7.85. The second kappa shape index (κ2) is 10.3. The largest absolute Gasteiger partial charge is 0.492 e. The van der Waals surface area contributed by atoms with E-state index in [1.807, 2.05) is 0 Å². The average Bonchev–Trinajstić information content (AvgIpc) is 3.01. The summed E-state index contributed by atoms with van der Waals surface area (Å²) in [5.41, 5.74) is 8.22. The van der Waals surface area contributed by atoms with Gasteiger partial charge in [0.05, 0.1) is 4.90 Å². The van der Waals surface area contributed by atoms with Gasteiger partial charge in [0.25, 0.3) is 16.0 Å². The molecular formula is C17H19N5O8S. The minimum absolute atomic E-state index is 0.0108. The first-order chi connectivity index (χ1) is 14.6. The van der Waals surface area contributed by atoms with Gasteiger partial charge in [-0.05, 0) is 36.6 Å². The molecule has 0 saturated heterocycles. The van der Waals surface area contributed by atoms with Gasteiger partial charge < -0.3 is 20.4 Å². The zero-order chi connectivity index (χ0) is 23.0. The Bertz CT molecular complexity index is 1100. The molecule has 1 aromatic carbocycles. The maximum Gasteiger partial charge on any atom is 0.333 e. The molecule has 166 valence electrons. The molecule has 0 bridgehead atoms. The molecule has 0 aliphatic heterocycles. The van der Waals surface area contributed by atoms with Crippen molar-refractivity contribution in [2.24, 2.45) is 5.11 Å². The maximum absolute atomic E-state index is 12.2. The fraction of sp³-hybridized carbons (Fsp3) is 0.294. The average molecular weight is 453 g/mol. The summed E-state index contributed by atoms with van der Waals surface area (Å²) in [6.45, 7) is 0.208. The standard InChI is InChI=1S/C17H19N5O8S/c18-21-20-12-8-11(9-13(10-12)31(27,28)29)17(26)19-7-3-1-2-4-16(25)30-22-14(23)5-6-15(22)24/h5-6,8-10,23-24H,1-4,7H2,(H,19,26)(H,27,28,29). The van der Waals surface area contributed by atoms with Crippen molar-refractivity contribution in [2.75, 3.05) is 6.54 Å². The van der Waals surface area contributed by atoms with Crippen molar-refractivity contribution in [1.82, 2.24) is 10.0 Å². The van der Waals surface area contributed by atoms with Crippen molar-refractivity contribution < 1.29 is 37.6 Å². The molecule has 2 rings (SSSR count). The van der Waals surface area contributed by atoms with Gasteiger partial charge >= 0.3 is 5.97 Å². The number of nitrogens with zero attached hydrogens (tertiary/aromatic N) is 4. The van der Waals surface area contributed by atoms with Crippen LogP contribution in [0.15, 0.2) is 40.3 Å². The van der Waals surface area contributed by atoms with E-state index in [4.69, 9.17) is 14.9 Å². The molecule has 0 atom stereocenters. The summed E-state index contributed by atoms with van der Waals surface area (Å²) in [6, 6.07) is 5.37. The molecule has 0 aliphatic carbocycles. The first-order valence-corrected chi connectivity index (χ1v) is 10.3. The van der Waals surface area contributed by atoms with E-state index in [-0.39, 0.29) is 24.2 Å². The highest BCUT2D eigenvalue weighted by molar-refractivity contribution is 7.85. The molecule has 0 aliphatic rings. The van der Waals surface area contributed by atoms with Crippen LogP contribution in [0.1, 0.15) is 36.0 Å². The zero-order valence-electron chi connectivity index (χ0n) is 16.0. The summed E-state index contributed by atoms with van der Waals surface area (Å²) in [5, 5.41) is 24.6. The number of aromatic hydroxyl groups is 2. The number of carbonyl (C=O) groups is 2. The van der Waals surface area contributed by atoms with Crippen LogP contribution in [0.3, 0.4) is 0 Å². The Hall–Kier alpha value is -3.74. The molecule has 1 amide bonds. The van der Waals surface area contributed by atoms with Crippen LogP contribution < -0.4 is 10.2 Å². The Morgan fingerprint density at radius 3 is 2.42 bits per heavy atom. The van der Waals surface area contributed by atoms with E-state index in [2.05, 4.69) is 15.3 Å². The van der Waals surface area contributed by atoms with Gasteiger partial charge in [0.15, 0.2) is 0 Å². The molecule has 0 spiro atoms. The number of unbranched alkanes of at least 4 members (excludes halogenated alkanes) is 2. The third-order valence-corrected chi connectivity index (χ3v) is 4.78. The predicted molar refractivity (Wildman–Crippen MR) is 105 cm³/mol. The second-order valence-electron chi connectivity index (χ2n) is 6.25. The Morgan fingerprint density at radius 2 is 1.81 bits per heavy atom. The number of aromatic nitrogens is 1. The van der Waals surface area contributed by atoms with Gasteiger partial charge in [-0.3, -0.25) is 9.35 Å². The molecule has 1 aromatic heterocycles. The lowest BCUT2D eigenvalue weighted by Gasteiger charge is -2.08. The Morgan fingerprint density at radius 1 is 1.13 bits per heavy atom. The lowest BCUT2D eigenvalue weighted by atomic mass is 10.1. The van der Waals surface area contributed by atoms with Gasteiger partial charge in [0.1, 0.15) is 0 Å². The van der Waals surface area contributed by atoms with Crippen LogP contribution in [-0.4, -0.2) is 46.3 Å². The molecule has 31 heavy (non-hydrogen) atoms. The summed E-state index contributed by atoms with van der Waals surface area (Å²) in [6.07, 6.45) is 1.45. The Labute approximate surface area is 176 Å². The smallest absolute Gasteiger partial charge is 0.333 e. The van der Waals surface area contributed by atoms with Gasteiger partial charge in [-0.2, -0.15) is 8.42 Å². The van der Waals surface area contributed by atoms with Crippen LogP contribution in [-0.2, 0) is 14.9 Å². The van der Waals surface area contributed by atoms with Crippen LogP contribution >= 0.6 is 0 Å². The monoisotopic (exact) mass is 453 g/mol. The number of amides is 1. The minimum Gasteiger partial charge on any atom is -0.492 e. The van der Waals surface area contributed by atoms with E-state index in [0.29, 0.717) is 24.0 Å². The van der Waals surface area contributed by atoms with Crippen LogP contribution in [0.2, 0.25) is 0 Å². The molecular weight excluding hydrogens is 434 g/mol. The van der Waals surface area contributed by atoms with E-state index in [9.17, 15) is 28.2 Å². The molecule has 2 aromatic rings. The predicted octanol–water partition coefficient (Wildman–Crippen LogP) is 2.03. The fourth-order valence-corrected chi connectivity index (χ4v) is 3.04. The van der Waals surface area contributed by atoms with Gasteiger partial charge in [-0.25, -0.2) is 4.79 Å². The van der Waals surface area contributed by atoms with E-state index in [1.165, 1.54) is 6.07 Å². The van der Waals surface area contributed by atoms with Crippen LogP contribution in [0.25, 0.3) is 10.4 Å². The molecule has 1 heterocycles. The van der Waals surface area contributed by atoms with Crippen LogP contribution in [0, 0.1) is 0 Å². The zero-order valence-corrected chi connectivity index (χ0v) is 16.8. The van der Waals surface area contributed by atoms with Gasteiger partial charge in [0, 0.05) is 41.3 Å². The number of hydrogen-bond donors (Lipinski definition) is 4. The van der Waals surface area contributed by atoms with Gasteiger partial charge in [-0.1, -0.05) is 11.5 Å². The first-order valence-electron chi connectivity index (χ1n) is 8.88. The molecule has 4 N–H and O–H groups in total. The van der Waals surface area contributed by atoms with Crippen LogP contribution in [0.4, 0.5) is 5.69 Å². The van der Waals surface area contributed by atoms with Crippen molar-refractivity contribution in [1.29, 1.82) is 0 Å². The summed E-state index contributed by atoms with van der Waals surface area (Å²) in [4.78, 5) is 30.6. The number of rotatable bonds is 10. The summed E-state index contributed by atoms with van der Waals surface area (Å²) in [5.74, 6) is -2.15. The number of hydrogen-bond acceptors (Lipinski definition) is 8. The Balaban J connectivity index is 1.80. The van der Waals surface area contributed by atoms with Crippen LogP contribution in [0.5, 0.6) is 11.8 Å². The minimum atomic E-state index is -4.60. The molecule has 0 fully saturated rings. The maximum atomic E-state index is 12.2. The van der Waals surface area contributed by atoms with E-state index >= 15 is 0 Å². The normalized spacial score (nSPS) is 10.9. The highest BCUT2D eigenvalue weighted by Crippen LogP contribution is 2.22. The second-order valence-corrected chi connectivity index (χ2v) is 7.68. The topological polar surface area (TPSA) is 204 Å². The first kappa shape index (κ1) is 23.5. The third kappa shape index (κ3) is 6.92. The number of carbonyl (C=O) groups excluding carboxylic acids is 2. The van der Waals surface area contributed by atoms with Crippen molar-refractivity contribution in [3.63, 3.8) is 0 Å². The number of nitrogens with one attached hydrogen (secondary N) is 1. The van der Waals surface area contributed by atoms with E-state index in [0.717, 1.165) is 24.3 Å². The molecule has 0 radical (unpaired) electrons. The van der Waals surface area contributed by atoms with E-state index < -0.39 is 38.7 Å². The summed E-state index contributed by atoms with van der Waals surface area (Å²) in [7, 11) is -4.60. The SMILES string of the molecule is [N-]=[N+]=Nc1cc(C(=O)NCCCCCC(=O)On2c(O)ccc2O)cc(S(=O)(=O)O)c1. The van der Waals surface area contributed by atoms with Gasteiger partial charge in [0.2, 0.25) is 11.8 Å².